The lowest BCUT2D eigenvalue weighted by Crippen LogP contribution is -2.16. The smallest absolute Gasteiger partial charge is 0.259 e. The van der Waals surface area contributed by atoms with Gasteiger partial charge >= 0.3 is 0 Å². The molecule has 28 heavy (non-hydrogen) atoms. The van der Waals surface area contributed by atoms with Gasteiger partial charge in [-0.15, -0.1) is 0 Å². The minimum atomic E-state index is -0.316. The van der Waals surface area contributed by atoms with Gasteiger partial charge in [0.1, 0.15) is 17.3 Å². The Morgan fingerprint density at radius 2 is 1.71 bits per heavy atom. The number of nitrogen functional groups attached to an aromatic ring is 1. The number of aryl methyl sites for hydroxylation is 1. The lowest BCUT2D eigenvalue weighted by molar-refractivity contribution is 0.102. The number of aromatic nitrogens is 1. The van der Waals surface area contributed by atoms with Crippen molar-refractivity contribution in [1.29, 1.82) is 0 Å². The first-order valence-electron chi connectivity index (χ1n) is 8.56. The number of nitrogens with two attached hydrogens (primary N) is 1. The molecule has 0 aliphatic heterocycles. The van der Waals surface area contributed by atoms with Crippen LogP contribution in [0.5, 0.6) is 11.5 Å². The van der Waals surface area contributed by atoms with E-state index in [4.69, 9.17) is 15.2 Å². The maximum Gasteiger partial charge on any atom is 0.259 e. The molecular formula is C21H20IN3O3. The molecular weight excluding hydrogens is 469 g/mol. The second-order valence-electron chi connectivity index (χ2n) is 6.15. The fourth-order valence-electron chi connectivity index (χ4n) is 2.58. The van der Waals surface area contributed by atoms with Crippen LogP contribution in [0.4, 0.5) is 11.5 Å². The molecule has 3 aromatic rings. The quantitative estimate of drug-likeness (QED) is 0.488. The van der Waals surface area contributed by atoms with Gasteiger partial charge in [-0.25, -0.2) is 4.98 Å². The number of ether oxygens (including phenoxy) is 2. The molecule has 3 N–H and O–H groups in total. The van der Waals surface area contributed by atoms with Crippen molar-refractivity contribution in [2.24, 2.45) is 0 Å². The third-order valence-electron chi connectivity index (χ3n) is 4.03. The number of methoxy groups -OCH3 is 1. The van der Waals surface area contributed by atoms with E-state index in [-0.39, 0.29) is 11.7 Å². The SMILES string of the molecule is COCc1nc(N)c(C(=O)Nc2ccc(Oc3ccc(I)cc3)cc2)cc1C. The van der Waals surface area contributed by atoms with Gasteiger partial charge in [0, 0.05) is 16.4 Å². The number of hydrogen-bond acceptors (Lipinski definition) is 5. The molecule has 1 heterocycles. The molecule has 0 saturated carbocycles. The number of amides is 1. The Morgan fingerprint density at radius 1 is 1.11 bits per heavy atom. The van der Waals surface area contributed by atoms with Crippen LogP contribution in [-0.4, -0.2) is 18.0 Å². The Morgan fingerprint density at radius 3 is 2.32 bits per heavy atom. The Kier molecular flexibility index (Phi) is 6.48. The largest absolute Gasteiger partial charge is 0.457 e. The molecule has 0 unspecified atom stereocenters. The third kappa shape index (κ3) is 4.99. The summed E-state index contributed by atoms with van der Waals surface area (Å²) in [5, 5.41) is 2.83. The van der Waals surface area contributed by atoms with Crippen molar-refractivity contribution in [3.63, 3.8) is 0 Å². The Labute approximate surface area is 177 Å². The van der Waals surface area contributed by atoms with E-state index in [9.17, 15) is 4.79 Å². The van der Waals surface area contributed by atoms with Crippen molar-refractivity contribution < 1.29 is 14.3 Å². The van der Waals surface area contributed by atoms with E-state index in [0.29, 0.717) is 29.3 Å². The first-order valence-corrected chi connectivity index (χ1v) is 9.64. The van der Waals surface area contributed by atoms with Gasteiger partial charge in [0.2, 0.25) is 0 Å². The predicted molar refractivity (Wildman–Crippen MR) is 118 cm³/mol. The molecule has 0 atom stereocenters. The van der Waals surface area contributed by atoms with Gasteiger partial charge < -0.3 is 20.5 Å². The van der Waals surface area contributed by atoms with Gasteiger partial charge in [0.05, 0.1) is 17.9 Å². The molecule has 0 bridgehead atoms. The molecule has 7 heteroatoms. The fraction of sp³-hybridized carbons (Fsp3) is 0.143. The summed E-state index contributed by atoms with van der Waals surface area (Å²) in [5.74, 6) is 1.29. The van der Waals surface area contributed by atoms with Crippen LogP contribution in [0.2, 0.25) is 0 Å². The average Bonchev–Trinajstić information content (AvgIpc) is 2.68. The van der Waals surface area contributed by atoms with Crippen molar-refractivity contribution in [3.8, 4) is 11.5 Å². The number of pyridine rings is 1. The maximum absolute atomic E-state index is 12.6. The molecule has 0 radical (unpaired) electrons. The Balaban J connectivity index is 1.69. The molecule has 0 saturated heterocycles. The summed E-state index contributed by atoms with van der Waals surface area (Å²) in [6, 6.07) is 16.6. The lowest BCUT2D eigenvalue weighted by atomic mass is 10.1. The zero-order valence-corrected chi connectivity index (χ0v) is 17.7. The molecule has 0 aliphatic rings. The van der Waals surface area contributed by atoms with Crippen LogP contribution in [0.3, 0.4) is 0 Å². The summed E-state index contributed by atoms with van der Waals surface area (Å²) in [7, 11) is 1.59. The van der Waals surface area contributed by atoms with Crippen LogP contribution in [-0.2, 0) is 11.3 Å². The fourth-order valence-corrected chi connectivity index (χ4v) is 2.94. The van der Waals surface area contributed by atoms with E-state index < -0.39 is 0 Å². The number of nitrogens with zero attached hydrogens (tertiary/aromatic N) is 1. The van der Waals surface area contributed by atoms with E-state index in [1.165, 1.54) is 0 Å². The molecule has 1 amide bonds. The van der Waals surface area contributed by atoms with Gasteiger partial charge in [-0.05, 0) is 89.7 Å². The normalized spacial score (nSPS) is 10.5. The van der Waals surface area contributed by atoms with Gasteiger partial charge in [-0.3, -0.25) is 4.79 Å². The van der Waals surface area contributed by atoms with Gasteiger partial charge in [-0.1, -0.05) is 0 Å². The highest BCUT2D eigenvalue weighted by Gasteiger charge is 2.14. The maximum atomic E-state index is 12.6. The van der Waals surface area contributed by atoms with Gasteiger partial charge in [0.15, 0.2) is 0 Å². The summed E-state index contributed by atoms with van der Waals surface area (Å²) in [6.45, 7) is 2.22. The molecule has 0 aliphatic carbocycles. The standard InChI is InChI=1S/C21H20IN3O3/c1-13-11-18(20(23)25-19(13)12-27-2)21(26)24-15-5-9-17(10-6-15)28-16-7-3-14(22)4-8-16/h3-11H,12H2,1-2H3,(H2,23,25)(H,24,26). The number of halogens is 1. The summed E-state index contributed by atoms with van der Waals surface area (Å²) >= 11 is 2.24. The molecule has 6 nitrogen and oxygen atoms in total. The number of rotatable bonds is 6. The van der Waals surface area contributed by atoms with Crippen LogP contribution in [0.15, 0.2) is 54.6 Å². The van der Waals surface area contributed by atoms with E-state index >= 15 is 0 Å². The zero-order valence-electron chi connectivity index (χ0n) is 15.5. The van der Waals surface area contributed by atoms with Gasteiger partial charge in [0.25, 0.3) is 5.91 Å². The lowest BCUT2D eigenvalue weighted by Gasteiger charge is -2.11. The third-order valence-corrected chi connectivity index (χ3v) is 4.75. The summed E-state index contributed by atoms with van der Waals surface area (Å²) in [6.07, 6.45) is 0. The second kappa shape index (κ2) is 9.03. The minimum Gasteiger partial charge on any atom is -0.457 e. The molecule has 144 valence electrons. The Hall–Kier alpha value is -2.65. The predicted octanol–water partition coefficient (Wildman–Crippen LogP) is 4.77. The van der Waals surface area contributed by atoms with E-state index in [1.54, 1.807) is 37.4 Å². The number of carbonyl (C=O) groups excluding carboxylic acids is 1. The first kappa shape index (κ1) is 20.1. The molecule has 2 aromatic carbocycles. The monoisotopic (exact) mass is 489 g/mol. The molecule has 3 rings (SSSR count). The first-order chi connectivity index (χ1) is 13.5. The van der Waals surface area contributed by atoms with Crippen molar-refractivity contribution >= 4 is 40.0 Å². The van der Waals surface area contributed by atoms with Crippen LogP contribution in [0.25, 0.3) is 0 Å². The van der Waals surface area contributed by atoms with Crippen LogP contribution >= 0.6 is 22.6 Å². The number of hydrogen-bond donors (Lipinski definition) is 2. The molecule has 0 spiro atoms. The second-order valence-corrected chi connectivity index (χ2v) is 7.40. The van der Waals surface area contributed by atoms with Gasteiger partial charge in [-0.2, -0.15) is 0 Å². The molecule has 1 aromatic heterocycles. The van der Waals surface area contributed by atoms with Crippen LogP contribution < -0.4 is 15.8 Å². The van der Waals surface area contributed by atoms with Crippen molar-refractivity contribution in [2.45, 2.75) is 13.5 Å². The summed E-state index contributed by atoms with van der Waals surface area (Å²) < 4.78 is 12.0. The van der Waals surface area contributed by atoms with Crippen LogP contribution in [0.1, 0.15) is 21.6 Å². The van der Waals surface area contributed by atoms with E-state index in [2.05, 4.69) is 32.9 Å². The van der Waals surface area contributed by atoms with E-state index in [1.807, 2.05) is 31.2 Å². The van der Waals surface area contributed by atoms with Crippen molar-refractivity contribution in [3.05, 3.63) is 75.0 Å². The topological polar surface area (TPSA) is 86.5 Å². The Bertz CT molecular complexity index is 973. The highest BCUT2D eigenvalue weighted by atomic mass is 127. The highest BCUT2D eigenvalue weighted by molar-refractivity contribution is 14.1. The number of carbonyl (C=O) groups is 1. The average molecular weight is 489 g/mol. The zero-order chi connectivity index (χ0) is 20.1. The number of nitrogens with one attached hydrogen (secondary N) is 1. The number of benzene rings is 2. The highest BCUT2D eigenvalue weighted by Crippen LogP contribution is 2.24. The molecule has 0 fully saturated rings. The van der Waals surface area contributed by atoms with Crippen molar-refractivity contribution in [1.82, 2.24) is 4.98 Å². The van der Waals surface area contributed by atoms with Crippen molar-refractivity contribution in [2.75, 3.05) is 18.2 Å². The van der Waals surface area contributed by atoms with E-state index in [0.717, 1.165) is 14.9 Å². The summed E-state index contributed by atoms with van der Waals surface area (Å²) in [5.41, 5.74) is 8.48. The van der Waals surface area contributed by atoms with Crippen LogP contribution in [0, 0.1) is 10.5 Å². The minimum absolute atomic E-state index is 0.175. The summed E-state index contributed by atoms with van der Waals surface area (Å²) in [4.78, 5) is 16.8. The number of anilines is 2.